The summed E-state index contributed by atoms with van der Waals surface area (Å²) in [6.45, 7) is 4.49. The zero-order valence-electron chi connectivity index (χ0n) is 16.6. The van der Waals surface area contributed by atoms with Crippen LogP contribution in [0.1, 0.15) is 37.8 Å². The Bertz CT molecular complexity index is 820. The van der Waals surface area contributed by atoms with Crippen LogP contribution in [-0.2, 0) is 22.6 Å². The molecule has 0 saturated carbocycles. The Morgan fingerprint density at radius 2 is 1.66 bits per heavy atom. The minimum atomic E-state index is -0.668. The molecule has 0 radical (unpaired) electrons. The zero-order valence-corrected chi connectivity index (χ0v) is 18.8. The molecule has 0 aromatic heterocycles. The molecule has 7 heteroatoms. The van der Waals surface area contributed by atoms with Gasteiger partial charge in [0, 0.05) is 33.7 Å². The number of halogens is 3. The van der Waals surface area contributed by atoms with Crippen LogP contribution in [0.4, 0.5) is 0 Å². The molecule has 2 aromatic carbocycles. The average molecular weight is 456 g/mol. The summed E-state index contributed by atoms with van der Waals surface area (Å²) < 4.78 is 0. The number of carbonyl (C=O) groups is 2. The van der Waals surface area contributed by atoms with Gasteiger partial charge in [-0.1, -0.05) is 66.3 Å². The third-order valence-corrected chi connectivity index (χ3v) is 5.62. The van der Waals surface area contributed by atoms with Gasteiger partial charge in [0.25, 0.3) is 0 Å². The molecule has 0 bridgehead atoms. The summed E-state index contributed by atoms with van der Waals surface area (Å²) in [5.41, 5.74) is 1.43. The Morgan fingerprint density at radius 1 is 1.03 bits per heavy atom. The molecule has 0 heterocycles. The van der Waals surface area contributed by atoms with Crippen molar-refractivity contribution in [2.24, 2.45) is 0 Å². The lowest BCUT2D eigenvalue weighted by molar-refractivity contribution is -0.140. The van der Waals surface area contributed by atoms with Crippen molar-refractivity contribution in [2.75, 3.05) is 6.54 Å². The first-order chi connectivity index (χ1) is 13.8. The Kier molecular flexibility index (Phi) is 9.28. The fourth-order valence-corrected chi connectivity index (χ4v) is 3.49. The van der Waals surface area contributed by atoms with Gasteiger partial charge in [0.05, 0.1) is 6.42 Å². The molecule has 2 aromatic rings. The second-order valence-electron chi connectivity index (χ2n) is 6.85. The van der Waals surface area contributed by atoms with Gasteiger partial charge in [0.1, 0.15) is 6.04 Å². The van der Waals surface area contributed by atoms with E-state index in [1.54, 1.807) is 49.4 Å². The van der Waals surface area contributed by atoms with Crippen LogP contribution in [0.5, 0.6) is 0 Å². The minimum Gasteiger partial charge on any atom is -0.354 e. The zero-order chi connectivity index (χ0) is 21.4. The van der Waals surface area contributed by atoms with Crippen LogP contribution in [0.25, 0.3) is 0 Å². The van der Waals surface area contributed by atoms with Crippen LogP contribution in [0, 0.1) is 0 Å². The minimum absolute atomic E-state index is 0.145. The molecule has 2 amide bonds. The lowest BCUT2D eigenvalue weighted by Crippen LogP contribution is -2.48. The SMILES string of the molecule is CCCCNC(=O)[C@H](C)N(Cc1c(Cl)cccc1Cl)C(=O)Cc1ccc(Cl)cc1. The number of hydrogen-bond donors (Lipinski definition) is 1. The van der Waals surface area contributed by atoms with E-state index in [1.165, 1.54) is 4.90 Å². The van der Waals surface area contributed by atoms with Gasteiger partial charge in [0.2, 0.25) is 11.8 Å². The van der Waals surface area contributed by atoms with E-state index in [2.05, 4.69) is 12.2 Å². The highest BCUT2D eigenvalue weighted by atomic mass is 35.5. The predicted octanol–water partition coefficient (Wildman–Crippen LogP) is 5.52. The molecule has 1 N–H and O–H groups in total. The van der Waals surface area contributed by atoms with E-state index < -0.39 is 6.04 Å². The van der Waals surface area contributed by atoms with Crippen LogP contribution in [0.3, 0.4) is 0 Å². The van der Waals surface area contributed by atoms with Gasteiger partial charge in [-0.25, -0.2) is 0 Å². The highest BCUT2D eigenvalue weighted by molar-refractivity contribution is 6.36. The highest BCUT2D eigenvalue weighted by Crippen LogP contribution is 2.27. The van der Waals surface area contributed by atoms with Crippen molar-refractivity contribution >= 4 is 46.6 Å². The number of unbranched alkanes of at least 4 members (excludes halogenated alkanes) is 1. The van der Waals surface area contributed by atoms with Crippen LogP contribution in [-0.4, -0.2) is 29.3 Å². The van der Waals surface area contributed by atoms with Crippen molar-refractivity contribution in [3.8, 4) is 0 Å². The molecular formula is C22H25Cl3N2O2. The second kappa shape index (κ2) is 11.4. The molecule has 1 atom stereocenters. The summed E-state index contributed by atoms with van der Waals surface area (Å²) in [6.07, 6.45) is 2.00. The first-order valence-corrected chi connectivity index (χ1v) is 10.7. The van der Waals surface area contributed by atoms with Crippen LogP contribution in [0.15, 0.2) is 42.5 Å². The smallest absolute Gasteiger partial charge is 0.242 e. The van der Waals surface area contributed by atoms with Crippen LogP contribution < -0.4 is 5.32 Å². The van der Waals surface area contributed by atoms with E-state index in [0.29, 0.717) is 27.2 Å². The summed E-state index contributed by atoms with van der Waals surface area (Å²) in [7, 11) is 0. The summed E-state index contributed by atoms with van der Waals surface area (Å²) in [4.78, 5) is 27.3. The molecule has 0 aliphatic heterocycles. The van der Waals surface area contributed by atoms with Gasteiger partial charge in [-0.05, 0) is 43.2 Å². The summed E-state index contributed by atoms with van der Waals surface area (Å²) in [5, 5.41) is 4.41. The van der Waals surface area contributed by atoms with E-state index in [4.69, 9.17) is 34.8 Å². The largest absolute Gasteiger partial charge is 0.354 e. The van der Waals surface area contributed by atoms with Crippen LogP contribution >= 0.6 is 34.8 Å². The van der Waals surface area contributed by atoms with Gasteiger partial charge in [0.15, 0.2) is 0 Å². The average Bonchev–Trinajstić information content (AvgIpc) is 2.69. The number of nitrogens with one attached hydrogen (secondary N) is 1. The lowest BCUT2D eigenvalue weighted by atomic mass is 10.1. The van der Waals surface area contributed by atoms with Gasteiger partial charge in [-0.3, -0.25) is 9.59 Å². The number of rotatable bonds is 9. The van der Waals surface area contributed by atoms with Gasteiger partial charge in [-0.15, -0.1) is 0 Å². The van der Waals surface area contributed by atoms with Crippen molar-refractivity contribution in [2.45, 2.75) is 45.7 Å². The van der Waals surface area contributed by atoms with Gasteiger partial charge in [-0.2, -0.15) is 0 Å². The van der Waals surface area contributed by atoms with E-state index >= 15 is 0 Å². The van der Waals surface area contributed by atoms with Gasteiger partial charge < -0.3 is 10.2 Å². The van der Waals surface area contributed by atoms with Crippen LogP contribution in [0.2, 0.25) is 15.1 Å². The number of nitrogens with zero attached hydrogens (tertiary/aromatic N) is 1. The number of benzene rings is 2. The predicted molar refractivity (Wildman–Crippen MR) is 120 cm³/mol. The number of carbonyl (C=O) groups excluding carboxylic acids is 2. The van der Waals surface area contributed by atoms with E-state index in [0.717, 1.165) is 18.4 Å². The maximum absolute atomic E-state index is 13.1. The summed E-state index contributed by atoms with van der Waals surface area (Å²) in [6, 6.07) is 11.6. The molecule has 2 rings (SSSR count). The monoisotopic (exact) mass is 454 g/mol. The molecule has 0 aliphatic carbocycles. The molecule has 0 fully saturated rings. The standard InChI is InChI=1S/C22H25Cl3N2O2/c1-3-4-12-26-22(29)15(2)27(14-18-19(24)6-5-7-20(18)25)21(28)13-16-8-10-17(23)11-9-16/h5-11,15H,3-4,12-14H2,1-2H3,(H,26,29)/t15-/m0/s1. The molecular weight excluding hydrogens is 431 g/mol. The quantitative estimate of drug-likeness (QED) is 0.506. The second-order valence-corrected chi connectivity index (χ2v) is 8.10. The molecule has 0 unspecified atom stereocenters. The third-order valence-electron chi connectivity index (χ3n) is 4.66. The van der Waals surface area contributed by atoms with Crippen molar-refractivity contribution < 1.29 is 9.59 Å². The fraction of sp³-hybridized carbons (Fsp3) is 0.364. The van der Waals surface area contributed by atoms with E-state index in [9.17, 15) is 9.59 Å². The Balaban J connectivity index is 2.24. The maximum Gasteiger partial charge on any atom is 0.242 e. The highest BCUT2D eigenvalue weighted by Gasteiger charge is 2.27. The third kappa shape index (κ3) is 6.91. The summed E-state index contributed by atoms with van der Waals surface area (Å²) in [5.74, 6) is -0.396. The topological polar surface area (TPSA) is 49.4 Å². The maximum atomic E-state index is 13.1. The molecule has 0 aliphatic rings. The first-order valence-electron chi connectivity index (χ1n) is 9.58. The fourth-order valence-electron chi connectivity index (χ4n) is 2.85. The summed E-state index contributed by atoms with van der Waals surface area (Å²) >= 11 is 18.5. The molecule has 0 spiro atoms. The van der Waals surface area contributed by atoms with E-state index in [-0.39, 0.29) is 24.8 Å². The van der Waals surface area contributed by atoms with Crippen molar-refractivity contribution in [1.82, 2.24) is 10.2 Å². The Morgan fingerprint density at radius 3 is 2.24 bits per heavy atom. The Labute approximate surface area is 187 Å². The number of hydrogen-bond acceptors (Lipinski definition) is 2. The Hall–Kier alpha value is -1.75. The molecule has 29 heavy (non-hydrogen) atoms. The normalized spacial score (nSPS) is 11.8. The lowest BCUT2D eigenvalue weighted by Gasteiger charge is -2.29. The van der Waals surface area contributed by atoms with Gasteiger partial charge >= 0.3 is 0 Å². The molecule has 0 saturated heterocycles. The number of amides is 2. The van der Waals surface area contributed by atoms with Crippen molar-refractivity contribution in [3.05, 3.63) is 68.7 Å². The van der Waals surface area contributed by atoms with Crippen molar-refractivity contribution in [1.29, 1.82) is 0 Å². The first kappa shape index (κ1) is 23.5. The van der Waals surface area contributed by atoms with Crippen molar-refractivity contribution in [3.63, 3.8) is 0 Å². The molecule has 156 valence electrons. The van der Waals surface area contributed by atoms with E-state index in [1.807, 2.05) is 0 Å². The molecule has 4 nitrogen and oxygen atoms in total.